The first-order valence-corrected chi connectivity index (χ1v) is 9.57. The van der Waals surface area contributed by atoms with Gasteiger partial charge in [-0.1, -0.05) is 60.2 Å². The summed E-state index contributed by atoms with van der Waals surface area (Å²) in [6.45, 7) is 1.92. The van der Waals surface area contributed by atoms with Crippen LogP contribution in [-0.4, -0.2) is 20.4 Å². The Labute approximate surface area is 161 Å². The second-order valence-electron chi connectivity index (χ2n) is 5.82. The first-order valence-electron chi connectivity index (χ1n) is 8.00. The molecule has 2 N–H and O–H groups in total. The van der Waals surface area contributed by atoms with Gasteiger partial charge in [0.25, 0.3) is 0 Å². The fraction of sp³-hybridized carbons (Fsp3) is 0.158. The largest absolute Gasteiger partial charge is 0.460 e. The predicted octanol–water partition coefficient (Wildman–Crippen LogP) is 1.73. The molecule has 8 nitrogen and oxygen atoms in total. The van der Waals surface area contributed by atoms with E-state index < -0.39 is 27.8 Å². The summed E-state index contributed by atoms with van der Waals surface area (Å²) in [4.78, 5) is 28.7. The highest BCUT2D eigenvalue weighted by molar-refractivity contribution is 7.86. The minimum absolute atomic E-state index is 0.250. The van der Waals surface area contributed by atoms with Gasteiger partial charge >= 0.3 is 16.3 Å². The number of hydrogen-bond donors (Lipinski definition) is 1. The summed E-state index contributed by atoms with van der Waals surface area (Å²) in [6, 6.07) is 15.6. The molecule has 9 heteroatoms. The molecule has 1 aliphatic heterocycles. The Kier molecular flexibility index (Phi) is 6.70. The molecule has 28 heavy (non-hydrogen) atoms. The Bertz CT molecular complexity index is 1010. The molecular formula is C19H17NO7S. The summed E-state index contributed by atoms with van der Waals surface area (Å²) >= 11 is 0. The molecule has 2 aromatic carbocycles. The number of nitrogens with two attached hydrogens (primary N) is 1. The van der Waals surface area contributed by atoms with Gasteiger partial charge in [-0.15, -0.1) is 0 Å². The molecule has 0 amide bonds. The monoisotopic (exact) mass is 403 g/mol. The molecule has 0 aromatic heterocycles. The minimum atomic E-state index is -4.03. The quantitative estimate of drug-likeness (QED) is 0.747. The SMILES string of the molecule is Cc1ccc(C2OC(N)=C(OS(=O)(=O)Cc3ccccc3)C2=O)cc1.O=C=O. The summed E-state index contributed by atoms with van der Waals surface area (Å²) < 4.78 is 34.7. The lowest BCUT2D eigenvalue weighted by molar-refractivity contribution is -0.191. The topological polar surface area (TPSA) is 130 Å². The van der Waals surface area contributed by atoms with Gasteiger partial charge in [0.05, 0.1) is 0 Å². The van der Waals surface area contributed by atoms with Gasteiger partial charge in [0.2, 0.25) is 17.4 Å². The van der Waals surface area contributed by atoms with Crippen LogP contribution in [0.15, 0.2) is 66.2 Å². The van der Waals surface area contributed by atoms with Crippen molar-refractivity contribution < 1.29 is 31.7 Å². The van der Waals surface area contributed by atoms with Crippen molar-refractivity contribution in [1.82, 2.24) is 0 Å². The number of Topliss-reactive ketones (excluding diaryl/α,β-unsaturated/α-hetero) is 1. The standard InChI is InChI=1S/C18H17NO5S.CO2/c1-12-7-9-14(10-8-12)16-15(20)17(18(19)23-16)24-25(21,22)11-13-5-3-2-4-6-13;2-1-3/h2-10,16H,11,19H2,1H3;. The van der Waals surface area contributed by atoms with E-state index in [0.717, 1.165) is 5.56 Å². The third-order valence-electron chi connectivity index (χ3n) is 3.71. The molecule has 0 fully saturated rings. The molecule has 0 aliphatic carbocycles. The van der Waals surface area contributed by atoms with E-state index in [1.165, 1.54) is 0 Å². The fourth-order valence-corrected chi connectivity index (χ4v) is 3.53. The minimum Gasteiger partial charge on any atom is -0.460 e. The molecule has 0 spiro atoms. The first kappa shape index (κ1) is 20.9. The van der Waals surface area contributed by atoms with Crippen LogP contribution in [0.25, 0.3) is 0 Å². The molecule has 2 aromatic rings. The molecule has 0 bridgehead atoms. The molecule has 0 saturated carbocycles. The van der Waals surface area contributed by atoms with Crippen LogP contribution in [0.5, 0.6) is 0 Å². The third kappa shape index (κ3) is 5.29. The van der Waals surface area contributed by atoms with Crippen LogP contribution in [0.3, 0.4) is 0 Å². The zero-order chi connectivity index (χ0) is 20.7. The second kappa shape index (κ2) is 8.98. The van der Waals surface area contributed by atoms with Crippen molar-refractivity contribution in [3.8, 4) is 0 Å². The lowest BCUT2D eigenvalue weighted by Crippen LogP contribution is -2.16. The van der Waals surface area contributed by atoms with Gasteiger partial charge in [0.15, 0.2) is 6.10 Å². The van der Waals surface area contributed by atoms with Crippen LogP contribution in [-0.2, 0) is 39.2 Å². The van der Waals surface area contributed by atoms with E-state index in [2.05, 4.69) is 0 Å². The van der Waals surface area contributed by atoms with Gasteiger partial charge in [0.1, 0.15) is 5.75 Å². The zero-order valence-corrected chi connectivity index (χ0v) is 15.6. The molecule has 1 heterocycles. The Morgan fingerprint density at radius 2 is 1.64 bits per heavy atom. The van der Waals surface area contributed by atoms with Crippen molar-refractivity contribution in [2.45, 2.75) is 18.8 Å². The maximum absolute atomic E-state index is 12.5. The molecular weight excluding hydrogens is 386 g/mol. The van der Waals surface area contributed by atoms with Crippen LogP contribution in [0.2, 0.25) is 0 Å². The Morgan fingerprint density at radius 3 is 2.21 bits per heavy atom. The number of ketones is 1. The van der Waals surface area contributed by atoms with E-state index in [9.17, 15) is 13.2 Å². The smallest absolute Gasteiger partial charge is 0.373 e. The zero-order valence-electron chi connectivity index (χ0n) is 14.8. The number of ether oxygens (including phenoxy) is 1. The molecule has 1 aliphatic rings. The molecule has 1 atom stereocenters. The van der Waals surface area contributed by atoms with Crippen LogP contribution in [0, 0.1) is 6.92 Å². The van der Waals surface area contributed by atoms with Crippen LogP contribution in [0.4, 0.5) is 0 Å². The van der Waals surface area contributed by atoms with Crippen molar-refractivity contribution >= 4 is 22.1 Å². The van der Waals surface area contributed by atoms with E-state index in [4.69, 9.17) is 24.2 Å². The van der Waals surface area contributed by atoms with Crippen LogP contribution >= 0.6 is 0 Å². The van der Waals surface area contributed by atoms with E-state index in [0.29, 0.717) is 11.1 Å². The summed E-state index contributed by atoms with van der Waals surface area (Å²) in [6.07, 6.45) is -0.748. The van der Waals surface area contributed by atoms with Gasteiger partial charge < -0.3 is 14.7 Å². The van der Waals surface area contributed by atoms with Crippen LogP contribution < -0.4 is 5.73 Å². The normalized spacial score (nSPS) is 15.9. The number of rotatable bonds is 5. The highest BCUT2D eigenvalue weighted by Gasteiger charge is 2.39. The summed E-state index contributed by atoms with van der Waals surface area (Å²) in [5, 5.41) is 0. The summed E-state index contributed by atoms with van der Waals surface area (Å²) in [5.41, 5.74) is 7.83. The third-order valence-corrected chi connectivity index (χ3v) is 4.81. The van der Waals surface area contributed by atoms with E-state index in [1.54, 1.807) is 42.5 Å². The Morgan fingerprint density at radius 1 is 1.07 bits per heavy atom. The predicted molar refractivity (Wildman–Crippen MR) is 96.4 cm³/mol. The number of benzene rings is 2. The van der Waals surface area contributed by atoms with Crippen molar-refractivity contribution in [3.63, 3.8) is 0 Å². The number of carbonyl (C=O) groups is 1. The first-order chi connectivity index (χ1) is 13.3. The molecule has 0 saturated heterocycles. The molecule has 1 unspecified atom stereocenters. The maximum Gasteiger partial charge on any atom is 0.373 e. The lowest BCUT2D eigenvalue weighted by atomic mass is 10.0. The lowest BCUT2D eigenvalue weighted by Gasteiger charge is -2.10. The number of hydrogen-bond acceptors (Lipinski definition) is 8. The van der Waals surface area contributed by atoms with Crippen molar-refractivity contribution in [3.05, 3.63) is 82.9 Å². The van der Waals surface area contributed by atoms with E-state index in [-0.39, 0.29) is 17.8 Å². The summed E-state index contributed by atoms with van der Waals surface area (Å²) in [5.74, 6) is -1.78. The fourth-order valence-electron chi connectivity index (χ4n) is 2.45. The van der Waals surface area contributed by atoms with Gasteiger partial charge in [-0.3, -0.25) is 4.79 Å². The average molecular weight is 403 g/mol. The number of aryl methyl sites for hydroxylation is 1. The van der Waals surface area contributed by atoms with E-state index in [1.807, 2.05) is 19.1 Å². The molecule has 146 valence electrons. The number of carbonyl (C=O) groups excluding carboxylic acids is 3. The summed E-state index contributed by atoms with van der Waals surface area (Å²) in [7, 11) is -4.03. The Hall–Kier alpha value is -3.42. The highest BCUT2D eigenvalue weighted by atomic mass is 32.2. The average Bonchev–Trinajstić information content (AvgIpc) is 2.91. The van der Waals surface area contributed by atoms with Gasteiger partial charge in [-0.2, -0.15) is 18.0 Å². The van der Waals surface area contributed by atoms with Crippen molar-refractivity contribution in [2.24, 2.45) is 5.73 Å². The van der Waals surface area contributed by atoms with Crippen LogP contribution in [0.1, 0.15) is 22.8 Å². The van der Waals surface area contributed by atoms with Gasteiger partial charge in [0, 0.05) is 5.56 Å². The van der Waals surface area contributed by atoms with E-state index >= 15 is 0 Å². The Balaban J connectivity index is 0.000000878. The maximum atomic E-state index is 12.5. The van der Waals surface area contributed by atoms with Gasteiger partial charge in [-0.25, -0.2) is 0 Å². The molecule has 3 rings (SSSR count). The van der Waals surface area contributed by atoms with Crippen molar-refractivity contribution in [2.75, 3.05) is 0 Å². The van der Waals surface area contributed by atoms with Gasteiger partial charge in [-0.05, 0) is 12.5 Å². The second-order valence-corrected chi connectivity index (χ2v) is 7.39. The molecule has 0 radical (unpaired) electrons. The highest BCUT2D eigenvalue weighted by Crippen LogP contribution is 2.32. The van der Waals surface area contributed by atoms with Crippen molar-refractivity contribution in [1.29, 1.82) is 0 Å².